The zero-order valence-corrected chi connectivity index (χ0v) is 12.3. The van der Waals surface area contributed by atoms with Crippen LogP contribution < -0.4 is 10.6 Å². The highest BCUT2D eigenvalue weighted by Crippen LogP contribution is 2.15. The molecule has 0 fully saturated rings. The van der Waals surface area contributed by atoms with Crippen molar-refractivity contribution in [3.63, 3.8) is 0 Å². The first-order valence-corrected chi connectivity index (χ1v) is 7.31. The van der Waals surface area contributed by atoms with Gasteiger partial charge < -0.3 is 15.7 Å². The zero-order valence-electron chi connectivity index (χ0n) is 11.5. The summed E-state index contributed by atoms with van der Waals surface area (Å²) in [5.74, 6) is -1.09. The SMILES string of the molecule is Cc1ccsc1CNC(=O)NC(C(=O)O)c1ccccc1. The van der Waals surface area contributed by atoms with Crippen molar-refractivity contribution < 1.29 is 14.7 Å². The van der Waals surface area contributed by atoms with Crippen molar-refractivity contribution in [2.75, 3.05) is 0 Å². The predicted octanol–water partition coefficient (Wildman–Crippen LogP) is 2.68. The lowest BCUT2D eigenvalue weighted by atomic mass is 10.1. The van der Waals surface area contributed by atoms with Crippen LogP contribution >= 0.6 is 11.3 Å². The number of aliphatic carboxylic acids is 1. The van der Waals surface area contributed by atoms with Crippen LogP contribution in [-0.2, 0) is 11.3 Å². The van der Waals surface area contributed by atoms with Gasteiger partial charge in [-0.05, 0) is 29.5 Å². The van der Waals surface area contributed by atoms with Gasteiger partial charge in [0.1, 0.15) is 0 Å². The predicted molar refractivity (Wildman–Crippen MR) is 81.2 cm³/mol. The number of thiophene rings is 1. The second-order valence-corrected chi connectivity index (χ2v) is 5.54. The molecule has 6 heteroatoms. The van der Waals surface area contributed by atoms with Crippen molar-refractivity contribution in [1.82, 2.24) is 10.6 Å². The summed E-state index contributed by atoms with van der Waals surface area (Å²) in [4.78, 5) is 24.2. The van der Waals surface area contributed by atoms with E-state index in [2.05, 4.69) is 10.6 Å². The molecule has 1 atom stereocenters. The van der Waals surface area contributed by atoms with Gasteiger partial charge in [0.25, 0.3) is 0 Å². The van der Waals surface area contributed by atoms with Gasteiger partial charge in [0.15, 0.2) is 6.04 Å². The second kappa shape index (κ2) is 6.90. The third kappa shape index (κ3) is 4.06. The number of urea groups is 1. The number of benzene rings is 1. The molecule has 2 rings (SSSR count). The van der Waals surface area contributed by atoms with E-state index in [-0.39, 0.29) is 0 Å². The number of aryl methyl sites for hydroxylation is 1. The number of carbonyl (C=O) groups excluding carboxylic acids is 1. The molecule has 0 saturated heterocycles. The summed E-state index contributed by atoms with van der Waals surface area (Å²) in [6.07, 6.45) is 0. The topological polar surface area (TPSA) is 78.4 Å². The molecule has 1 aromatic heterocycles. The van der Waals surface area contributed by atoms with Crippen molar-refractivity contribution in [3.05, 3.63) is 57.8 Å². The average Bonchev–Trinajstić information content (AvgIpc) is 2.88. The normalized spacial score (nSPS) is 11.7. The summed E-state index contributed by atoms with van der Waals surface area (Å²) in [7, 11) is 0. The minimum Gasteiger partial charge on any atom is -0.479 e. The fourth-order valence-electron chi connectivity index (χ4n) is 1.86. The van der Waals surface area contributed by atoms with Crippen LogP contribution in [0.2, 0.25) is 0 Å². The average molecular weight is 304 g/mol. The van der Waals surface area contributed by atoms with Crippen LogP contribution in [0.1, 0.15) is 22.0 Å². The first-order chi connectivity index (χ1) is 10.1. The lowest BCUT2D eigenvalue weighted by Crippen LogP contribution is -2.40. The van der Waals surface area contributed by atoms with Crippen LogP contribution in [0, 0.1) is 6.92 Å². The minimum absolute atomic E-state index is 0.385. The number of hydrogen-bond acceptors (Lipinski definition) is 3. The first kappa shape index (κ1) is 15.1. The zero-order chi connectivity index (χ0) is 15.2. The van der Waals surface area contributed by atoms with Crippen molar-refractivity contribution in [2.45, 2.75) is 19.5 Å². The van der Waals surface area contributed by atoms with Crippen molar-refractivity contribution in [2.24, 2.45) is 0 Å². The highest BCUT2D eigenvalue weighted by atomic mass is 32.1. The number of nitrogens with one attached hydrogen (secondary N) is 2. The number of rotatable bonds is 5. The lowest BCUT2D eigenvalue weighted by Gasteiger charge is -2.15. The largest absolute Gasteiger partial charge is 0.479 e. The van der Waals surface area contributed by atoms with Gasteiger partial charge in [-0.2, -0.15) is 0 Å². The molecule has 0 aliphatic carbocycles. The highest BCUT2D eigenvalue weighted by molar-refractivity contribution is 7.10. The highest BCUT2D eigenvalue weighted by Gasteiger charge is 2.21. The molecule has 1 aromatic carbocycles. The van der Waals surface area contributed by atoms with Crippen LogP contribution in [-0.4, -0.2) is 17.1 Å². The summed E-state index contributed by atoms with van der Waals surface area (Å²) in [5, 5.41) is 16.3. The maximum Gasteiger partial charge on any atom is 0.330 e. The van der Waals surface area contributed by atoms with E-state index in [0.29, 0.717) is 12.1 Å². The fourth-order valence-corrected chi connectivity index (χ4v) is 2.71. The Hall–Kier alpha value is -2.34. The van der Waals surface area contributed by atoms with Gasteiger partial charge in [-0.1, -0.05) is 30.3 Å². The Balaban J connectivity index is 1.96. The van der Waals surface area contributed by atoms with Gasteiger partial charge >= 0.3 is 12.0 Å². The van der Waals surface area contributed by atoms with E-state index in [1.54, 1.807) is 41.7 Å². The minimum atomic E-state index is -1.09. The smallest absolute Gasteiger partial charge is 0.330 e. The van der Waals surface area contributed by atoms with E-state index in [1.807, 2.05) is 18.4 Å². The number of carboxylic acids is 1. The third-order valence-electron chi connectivity index (χ3n) is 3.03. The molecule has 0 radical (unpaired) electrons. The Morgan fingerprint density at radius 3 is 2.52 bits per heavy atom. The molecule has 1 heterocycles. The molecule has 2 aromatic rings. The number of carboxylic acid groups (broad SMARTS) is 1. The Morgan fingerprint density at radius 2 is 1.95 bits per heavy atom. The Kier molecular flexibility index (Phi) is 4.94. The van der Waals surface area contributed by atoms with Gasteiger partial charge in [-0.15, -0.1) is 11.3 Å². The van der Waals surface area contributed by atoms with Gasteiger partial charge in [0.05, 0.1) is 6.54 Å². The molecule has 0 bridgehead atoms. The maximum atomic E-state index is 11.9. The quantitative estimate of drug-likeness (QED) is 0.794. The Bertz CT molecular complexity index is 625. The van der Waals surface area contributed by atoms with Crippen molar-refractivity contribution in [1.29, 1.82) is 0 Å². The monoisotopic (exact) mass is 304 g/mol. The number of amides is 2. The van der Waals surface area contributed by atoms with Crippen LogP contribution in [0.4, 0.5) is 4.79 Å². The van der Waals surface area contributed by atoms with Crippen LogP contribution in [0.3, 0.4) is 0 Å². The standard InChI is InChI=1S/C15H16N2O3S/c1-10-7-8-21-12(10)9-16-15(20)17-13(14(18)19)11-5-3-2-4-6-11/h2-8,13H,9H2,1H3,(H,18,19)(H2,16,17,20). The molecule has 0 spiro atoms. The molecule has 0 saturated carbocycles. The van der Waals surface area contributed by atoms with E-state index in [1.165, 1.54) is 0 Å². The van der Waals surface area contributed by atoms with E-state index in [9.17, 15) is 14.7 Å². The van der Waals surface area contributed by atoms with Gasteiger partial charge in [-0.25, -0.2) is 9.59 Å². The fraction of sp³-hybridized carbons (Fsp3) is 0.200. The lowest BCUT2D eigenvalue weighted by molar-refractivity contribution is -0.139. The first-order valence-electron chi connectivity index (χ1n) is 6.43. The summed E-state index contributed by atoms with van der Waals surface area (Å²) < 4.78 is 0. The van der Waals surface area contributed by atoms with Gasteiger partial charge in [-0.3, -0.25) is 0 Å². The molecular weight excluding hydrogens is 288 g/mol. The molecule has 3 N–H and O–H groups in total. The van der Waals surface area contributed by atoms with E-state index in [4.69, 9.17) is 0 Å². The van der Waals surface area contributed by atoms with Crippen molar-refractivity contribution >= 4 is 23.3 Å². The molecule has 21 heavy (non-hydrogen) atoms. The molecule has 0 aliphatic heterocycles. The number of hydrogen-bond donors (Lipinski definition) is 3. The van der Waals surface area contributed by atoms with Gasteiger partial charge in [0, 0.05) is 4.88 Å². The van der Waals surface area contributed by atoms with Crippen LogP contribution in [0.25, 0.3) is 0 Å². The number of carbonyl (C=O) groups is 2. The molecule has 1 unspecified atom stereocenters. The van der Waals surface area contributed by atoms with Crippen LogP contribution in [0.15, 0.2) is 41.8 Å². The van der Waals surface area contributed by atoms with Gasteiger partial charge in [0.2, 0.25) is 0 Å². The second-order valence-electron chi connectivity index (χ2n) is 4.54. The maximum absolute atomic E-state index is 11.9. The van der Waals surface area contributed by atoms with Crippen molar-refractivity contribution in [3.8, 4) is 0 Å². The molecule has 0 aliphatic rings. The van der Waals surface area contributed by atoms with E-state index >= 15 is 0 Å². The van der Waals surface area contributed by atoms with E-state index < -0.39 is 18.0 Å². The van der Waals surface area contributed by atoms with Crippen LogP contribution in [0.5, 0.6) is 0 Å². The summed E-state index contributed by atoms with van der Waals surface area (Å²) in [6.45, 7) is 2.35. The molecule has 110 valence electrons. The summed E-state index contributed by atoms with van der Waals surface area (Å²) >= 11 is 1.55. The summed E-state index contributed by atoms with van der Waals surface area (Å²) in [6, 6.07) is 9.02. The Morgan fingerprint density at radius 1 is 1.24 bits per heavy atom. The Labute approximate surface area is 126 Å². The molecule has 5 nitrogen and oxygen atoms in total. The van der Waals surface area contributed by atoms with E-state index in [0.717, 1.165) is 10.4 Å². The third-order valence-corrected chi connectivity index (χ3v) is 4.06. The molecular formula is C15H16N2O3S. The summed E-state index contributed by atoms with van der Waals surface area (Å²) in [5.41, 5.74) is 1.64. The molecule has 2 amide bonds.